The Hall–Kier alpha value is -1.82. The molecular weight excluding hydrogens is 242 g/mol. The molecule has 5 nitrogen and oxygen atoms in total. The Kier molecular flexibility index (Phi) is 3.14. The predicted molar refractivity (Wildman–Crippen MR) is 64.1 cm³/mol. The highest BCUT2D eigenvalue weighted by molar-refractivity contribution is 7.80. The lowest BCUT2D eigenvalue weighted by molar-refractivity contribution is -0.123. The van der Waals surface area contributed by atoms with Crippen molar-refractivity contribution in [1.82, 2.24) is 5.32 Å². The lowest BCUT2D eigenvalue weighted by Gasteiger charge is -2.13. The number of nitrogens with one attached hydrogen (secondary N) is 1. The minimum atomic E-state index is -0.761. The van der Waals surface area contributed by atoms with Crippen molar-refractivity contribution in [2.24, 2.45) is 0 Å². The smallest absolute Gasteiger partial charge is 0.273 e. The first-order chi connectivity index (χ1) is 8.15. The molecule has 1 amide bonds. The molecule has 0 unspecified atom stereocenters. The van der Waals surface area contributed by atoms with Crippen LogP contribution in [0.4, 0.5) is 0 Å². The normalized spacial score (nSPS) is 18.6. The van der Waals surface area contributed by atoms with Crippen LogP contribution in [0.15, 0.2) is 18.2 Å². The van der Waals surface area contributed by atoms with Crippen molar-refractivity contribution in [2.45, 2.75) is 6.10 Å². The lowest BCUT2D eigenvalue weighted by atomic mass is 10.1. The number of hydrogen-bond donors (Lipinski definition) is 1. The fourth-order valence-corrected chi connectivity index (χ4v) is 1.79. The number of thiocarbonyl (C=S) groups is 1. The molecule has 1 heterocycles. The average Bonchev–Trinajstić information content (AvgIpc) is 2.67. The summed E-state index contributed by atoms with van der Waals surface area (Å²) in [7, 11) is 3.08. The van der Waals surface area contributed by atoms with Gasteiger partial charge in [-0.25, -0.2) is 0 Å². The molecule has 0 spiro atoms. The van der Waals surface area contributed by atoms with Crippen LogP contribution in [0.5, 0.6) is 11.5 Å². The van der Waals surface area contributed by atoms with Gasteiger partial charge in [-0.05, 0) is 24.4 Å². The van der Waals surface area contributed by atoms with Crippen molar-refractivity contribution in [3.05, 3.63) is 23.8 Å². The van der Waals surface area contributed by atoms with Gasteiger partial charge >= 0.3 is 0 Å². The summed E-state index contributed by atoms with van der Waals surface area (Å²) in [6.45, 7) is 0. The van der Waals surface area contributed by atoms with E-state index in [1.54, 1.807) is 25.3 Å². The van der Waals surface area contributed by atoms with Gasteiger partial charge < -0.3 is 14.2 Å². The van der Waals surface area contributed by atoms with E-state index in [0.717, 1.165) is 0 Å². The Morgan fingerprint density at radius 1 is 1.35 bits per heavy atom. The monoisotopic (exact) mass is 253 g/mol. The molecule has 1 aromatic carbocycles. The molecule has 0 aromatic heterocycles. The second-order valence-electron chi connectivity index (χ2n) is 3.38. The second kappa shape index (κ2) is 4.58. The van der Waals surface area contributed by atoms with E-state index >= 15 is 0 Å². The minimum absolute atomic E-state index is 0.0814. The van der Waals surface area contributed by atoms with Crippen LogP contribution >= 0.6 is 12.2 Å². The second-order valence-corrected chi connectivity index (χ2v) is 3.75. The van der Waals surface area contributed by atoms with E-state index in [2.05, 4.69) is 5.32 Å². The third kappa shape index (κ3) is 2.16. The highest BCUT2D eigenvalue weighted by Crippen LogP contribution is 2.33. The highest BCUT2D eigenvalue weighted by Gasteiger charge is 2.33. The zero-order valence-corrected chi connectivity index (χ0v) is 10.2. The molecular formula is C11H11NO4S. The summed E-state index contributed by atoms with van der Waals surface area (Å²) in [4.78, 5) is 11.6. The van der Waals surface area contributed by atoms with Crippen LogP contribution in [0.2, 0.25) is 0 Å². The summed E-state index contributed by atoms with van der Waals surface area (Å²) >= 11 is 4.78. The van der Waals surface area contributed by atoms with Crippen LogP contribution in [-0.4, -0.2) is 25.3 Å². The molecule has 0 aliphatic carbocycles. The van der Waals surface area contributed by atoms with E-state index in [4.69, 9.17) is 26.4 Å². The molecule has 1 saturated heterocycles. The first-order valence-electron chi connectivity index (χ1n) is 4.89. The maximum absolute atomic E-state index is 11.6. The van der Waals surface area contributed by atoms with Crippen LogP contribution in [0.25, 0.3) is 0 Å². The van der Waals surface area contributed by atoms with E-state index in [1.807, 2.05) is 0 Å². The van der Waals surface area contributed by atoms with Crippen molar-refractivity contribution in [1.29, 1.82) is 0 Å². The van der Waals surface area contributed by atoms with Crippen LogP contribution in [0, 0.1) is 0 Å². The van der Waals surface area contributed by atoms with Crippen molar-refractivity contribution in [2.75, 3.05) is 14.2 Å². The predicted octanol–water partition coefficient (Wildman–Crippen LogP) is 1.18. The van der Waals surface area contributed by atoms with Crippen LogP contribution < -0.4 is 14.8 Å². The number of ether oxygens (including phenoxy) is 3. The van der Waals surface area contributed by atoms with Crippen LogP contribution in [-0.2, 0) is 9.53 Å². The fourth-order valence-electron chi connectivity index (χ4n) is 1.60. The molecule has 6 heteroatoms. The van der Waals surface area contributed by atoms with Gasteiger partial charge in [-0.2, -0.15) is 0 Å². The van der Waals surface area contributed by atoms with Gasteiger partial charge in [-0.1, -0.05) is 0 Å². The Balaban J connectivity index is 2.38. The van der Waals surface area contributed by atoms with Gasteiger partial charge in [0.15, 0.2) is 0 Å². The number of rotatable bonds is 3. The van der Waals surface area contributed by atoms with Gasteiger partial charge in [0.2, 0.25) is 6.10 Å². The topological polar surface area (TPSA) is 56.8 Å². The Morgan fingerprint density at radius 2 is 2.12 bits per heavy atom. The van der Waals surface area contributed by atoms with Crippen molar-refractivity contribution >= 4 is 23.3 Å². The summed E-state index contributed by atoms with van der Waals surface area (Å²) in [5.41, 5.74) is 0.616. The number of benzene rings is 1. The highest BCUT2D eigenvalue weighted by atomic mass is 32.1. The van der Waals surface area contributed by atoms with E-state index in [0.29, 0.717) is 17.1 Å². The zero-order valence-electron chi connectivity index (χ0n) is 9.35. The van der Waals surface area contributed by atoms with Gasteiger partial charge in [-0.15, -0.1) is 0 Å². The SMILES string of the molecule is COc1ccc([C@H]2OC(=S)NC2=O)c(OC)c1. The number of hydrogen-bond acceptors (Lipinski definition) is 5. The van der Waals surface area contributed by atoms with E-state index in [9.17, 15) is 4.79 Å². The Bertz CT molecular complexity index is 475. The zero-order chi connectivity index (χ0) is 12.4. The van der Waals surface area contributed by atoms with Gasteiger partial charge in [0.05, 0.1) is 14.2 Å². The third-order valence-electron chi connectivity index (χ3n) is 2.41. The number of carbonyl (C=O) groups excluding carboxylic acids is 1. The molecule has 0 saturated carbocycles. The summed E-state index contributed by atoms with van der Waals surface area (Å²) < 4.78 is 15.5. The molecule has 1 atom stereocenters. The summed E-state index contributed by atoms with van der Waals surface area (Å²) in [5.74, 6) is 0.874. The first-order valence-corrected chi connectivity index (χ1v) is 5.30. The molecule has 1 aromatic rings. The minimum Gasteiger partial charge on any atom is -0.497 e. The quantitative estimate of drug-likeness (QED) is 0.820. The summed E-state index contributed by atoms with van der Waals surface area (Å²) in [6.07, 6.45) is -0.761. The largest absolute Gasteiger partial charge is 0.497 e. The van der Waals surface area contributed by atoms with Gasteiger partial charge in [-0.3, -0.25) is 10.1 Å². The van der Waals surface area contributed by atoms with Crippen molar-refractivity contribution in [3.8, 4) is 11.5 Å². The Morgan fingerprint density at radius 3 is 2.65 bits per heavy atom. The maximum Gasteiger partial charge on any atom is 0.273 e. The third-order valence-corrected chi connectivity index (χ3v) is 2.61. The molecule has 1 fully saturated rings. The van der Waals surface area contributed by atoms with E-state index < -0.39 is 6.10 Å². The van der Waals surface area contributed by atoms with E-state index in [1.165, 1.54) is 7.11 Å². The molecule has 1 aliphatic rings. The van der Waals surface area contributed by atoms with E-state index in [-0.39, 0.29) is 11.1 Å². The molecule has 1 aliphatic heterocycles. The summed E-state index contributed by atoms with van der Waals surface area (Å²) in [6, 6.07) is 5.14. The van der Waals surface area contributed by atoms with Gasteiger partial charge in [0.1, 0.15) is 11.5 Å². The lowest BCUT2D eigenvalue weighted by Crippen LogP contribution is -2.20. The molecule has 17 heavy (non-hydrogen) atoms. The molecule has 1 N–H and O–H groups in total. The number of methoxy groups -OCH3 is 2. The van der Waals surface area contributed by atoms with Crippen LogP contribution in [0.1, 0.15) is 11.7 Å². The van der Waals surface area contributed by atoms with Gasteiger partial charge in [0, 0.05) is 11.6 Å². The number of amides is 1. The van der Waals surface area contributed by atoms with Crippen molar-refractivity contribution < 1.29 is 19.0 Å². The summed E-state index contributed by atoms with van der Waals surface area (Å²) in [5, 5.41) is 2.51. The number of carbonyl (C=O) groups is 1. The first kappa shape index (κ1) is 11.7. The van der Waals surface area contributed by atoms with Gasteiger partial charge in [0.25, 0.3) is 11.1 Å². The average molecular weight is 253 g/mol. The molecule has 90 valence electrons. The van der Waals surface area contributed by atoms with Crippen LogP contribution in [0.3, 0.4) is 0 Å². The molecule has 0 bridgehead atoms. The Labute approximate surface area is 104 Å². The fraction of sp³-hybridized carbons (Fsp3) is 0.273. The maximum atomic E-state index is 11.6. The molecule has 2 rings (SSSR count). The van der Waals surface area contributed by atoms with Crippen molar-refractivity contribution in [3.63, 3.8) is 0 Å². The molecule has 0 radical (unpaired) electrons. The standard InChI is InChI=1S/C11H11NO4S/c1-14-6-3-4-7(8(5-6)15-2)9-10(13)12-11(17)16-9/h3-5,9H,1-2H3,(H,12,13,17)/t9-/m1/s1.